The van der Waals surface area contributed by atoms with E-state index in [1.807, 2.05) is 51.7 Å². The van der Waals surface area contributed by atoms with Crippen molar-refractivity contribution in [1.29, 1.82) is 0 Å². The van der Waals surface area contributed by atoms with Gasteiger partial charge in [0, 0.05) is 30.7 Å². The SMILES string of the molecule is Cc1cccc(CN2CC[C@@]3(CCCN(C(=O)c4ccsc4)C3)C2=O)n1. The van der Waals surface area contributed by atoms with Gasteiger partial charge < -0.3 is 9.80 Å². The highest BCUT2D eigenvalue weighted by Gasteiger charge is 2.49. The number of piperidine rings is 1. The van der Waals surface area contributed by atoms with Crippen LogP contribution in [0.25, 0.3) is 0 Å². The topological polar surface area (TPSA) is 53.5 Å². The maximum absolute atomic E-state index is 13.2. The van der Waals surface area contributed by atoms with Gasteiger partial charge >= 0.3 is 0 Å². The van der Waals surface area contributed by atoms with E-state index in [1.54, 1.807) is 0 Å². The van der Waals surface area contributed by atoms with Gasteiger partial charge in [0.2, 0.25) is 5.91 Å². The molecule has 26 heavy (non-hydrogen) atoms. The first-order valence-electron chi connectivity index (χ1n) is 9.11. The number of hydrogen-bond donors (Lipinski definition) is 0. The van der Waals surface area contributed by atoms with Crippen LogP contribution in [0.15, 0.2) is 35.0 Å². The Bertz CT molecular complexity index is 820. The molecule has 2 aromatic heterocycles. The average molecular weight is 369 g/mol. The van der Waals surface area contributed by atoms with Gasteiger partial charge in [-0.15, -0.1) is 0 Å². The number of amides is 2. The summed E-state index contributed by atoms with van der Waals surface area (Å²) in [5, 5.41) is 3.81. The van der Waals surface area contributed by atoms with Gasteiger partial charge in [-0.1, -0.05) is 6.07 Å². The van der Waals surface area contributed by atoms with Crippen LogP contribution in [0.3, 0.4) is 0 Å². The summed E-state index contributed by atoms with van der Waals surface area (Å²) in [6.07, 6.45) is 2.58. The first-order chi connectivity index (χ1) is 12.6. The van der Waals surface area contributed by atoms with Crippen molar-refractivity contribution in [2.75, 3.05) is 19.6 Å². The molecule has 4 rings (SSSR count). The van der Waals surface area contributed by atoms with Gasteiger partial charge in [0.05, 0.1) is 23.2 Å². The van der Waals surface area contributed by atoms with Crippen molar-refractivity contribution in [3.63, 3.8) is 0 Å². The molecule has 2 aliphatic heterocycles. The number of aromatic nitrogens is 1. The number of rotatable bonds is 3. The highest BCUT2D eigenvalue weighted by Crippen LogP contribution is 2.41. The van der Waals surface area contributed by atoms with Gasteiger partial charge in [0.25, 0.3) is 5.91 Å². The standard InChI is InChI=1S/C20H23N3O2S/c1-15-4-2-5-17(21-15)12-22-10-8-20(19(22)25)7-3-9-23(14-20)18(24)16-6-11-26-13-16/h2,4-6,11,13H,3,7-10,12,14H2,1H3/t20-/m1/s1. The maximum Gasteiger partial charge on any atom is 0.254 e. The third-order valence-corrected chi connectivity index (χ3v) is 6.22. The normalized spacial score (nSPS) is 23.0. The van der Waals surface area contributed by atoms with Gasteiger partial charge in [-0.05, 0) is 49.8 Å². The minimum absolute atomic E-state index is 0.0527. The lowest BCUT2D eigenvalue weighted by Gasteiger charge is -2.39. The molecule has 1 atom stereocenters. The van der Waals surface area contributed by atoms with Crippen molar-refractivity contribution in [1.82, 2.24) is 14.8 Å². The van der Waals surface area contributed by atoms with Crippen molar-refractivity contribution >= 4 is 23.2 Å². The predicted molar refractivity (Wildman–Crippen MR) is 101 cm³/mol. The van der Waals surface area contributed by atoms with Crippen molar-refractivity contribution in [3.8, 4) is 0 Å². The fraction of sp³-hybridized carbons (Fsp3) is 0.450. The Morgan fingerprint density at radius 3 is 2.92 bits per heavy atom. The summed E-state index contributed by atoms with van der Waals surface area (Å²) >= 11 is 1.53. The van der Waals surface area contributed by atoms with Crippen LogP contribution >= 0.6 is 11.3 Å². The van der Waals surface area contributed by atoms with Crippen molar-refractivity contribution < 1.29 is 9.59 Å². The number of hydrogen-bond acceptors (Lipinski definition) is 4. The number of carbonyl (C=O) groups excluding carboxylic acids is 2. The summed E-state index contributed by atoms with van der Waals surface area (Å²) in [5.41, 5.74) is 2.22. The minimum atomic E-state index is -0.409. The molecule has 5 nitrogen and oxygen atoms in total. The second-order valence-electron chi connectivity index (χ2n) is 7.37. The van der Waals surface area contributed by atoms with Crippen LogP contribution in [0.1, 0.15) is 41.0 Å². The summed E-state index contributed by atoms with van der Waals surface area (Å²) in [6.45, 7) is 4.54. The number of likely N-dealkylation sites (tertiary alicyclic amines) is 2. The van der Waals surface area contributed by atoms with Crippen LogP contribution in [-0.4, -0.2) is 46.2 Å². The van der Waals surface area contributed by atoms with Crippen LogP contribution in [-0.2, 0) is 11.3 Å². The van der Waals surface area contributed by atoms with Gasteiger partial charge in [-0.3, -0.25) is 14.6 Å². The molecule has 0 saturated carbocycles. The van der Waals surface area contributed by atoms with E-state index in [4.69, 9.17) is 0 Å². The first kappa shape index (κ1) is 17.2. The van der Waals surface area contributed by atoms with Crippen LogP contribution in [0.5, 0.6) is 0 Å². The Morgan fingerprint density at radius 1 is 1.27 bits per heavy atom. The molecule has 0 aliphatic carbocycles. The van der Waals surface area contributed by atoms with Gasteiger partial charge in [-0.25, -0.2) is 0 Å². The summed E-state index contributed by atoms with van der Waals surface area (Å²) in [7, 11) is 0. The Labute approximate surface area is 157 Å². The van der Waals surface area contributed by atoms with Crippen molar-refractivity contribution in [2.24, 2.45) is 5.41 Å². The maximum atomic E-state index is 13.2. The minimum Gasteiger partial charge on any atom is -0.338 e. The quantitative estimate of drug-likeness (QED) is 0.835. The lowest BCUT2D eigenvalue weighted by atomic mass is 9.78. The Hall–Kier alpha value is -2.21. The third kappa shape index (κ3) is 3.14. The molecule has 0 unspecified atom stereocenters. The van der Waals surface area contributed by atoms with Gasteiger partial charge in [-0.2, -0.15) is 11.3 Å². The summed E-state index contributed by atoms with van der Waals surface area (Å²) in [5.74, 6) is 0.237. The zero-order valence-corrected chi connectivity index (χ0v) is 15.8. The molecule has 6 heteroatoms. The van der Waals surface area contributed by atoms with E-state index in [0.717, 1.165) is 49.3 Å². The average Bonchev–Trinajstić information content (AvgIpc) is 3.27. The number of nitrogens with zero attached hydrogens (tertiary/aromatic N) is 3. The molecule has 4 heterocycles. The molecular weight excluding hydrogens is 346 g/mol. The van der Waals surface area contributed by atoms with Crippen LogP contribution < -0.4 is 0 Å². The number of aryl methyl sites for hydroxylation is 1. The fourth-order valence-corrected chi connectivity index (χ4v) is 4.81. The molecule has 0 bridgehead atoms. The highest BCUT2D eigenvalue weighted by atomic mass is 32.1. The molecular formula is C20H23N3O2S. The number of thiophene rings is 1. The van der Waals surface area contributed by atoms with E-state index >= 15 is 0 Å². The monoisotopic (exact) mass is 369 g/mol. The summed E-state index contributed by atoms with van der Waals surface area (Å²) in [4.78, 5) is 34.2. The zero-order valence-electron chi connectivity index (χ0n) is 15.0. The number of carbonyl (C=O) groups is 2. The summed E-state index contributed by atoms with van der Waals surface area (Å²) in [6, 6.07) is 7.78. The van der Waals surface area contributed by atoms with Gasteiger partial charge in [0.1, 0.15) is 0 Å². The Balaban J connectivity index is 1.48. The highest BCUT2D eigenvalue weighted by molar-refractivity contribution is 7.08. The van der Waals surface area contributed by atoms with E-state index in [2.05, 4.69) is 4.98 Å². The molecule has 2 aliphatic rings. The molecule has 0 N–H and O–H groups in total. The Morgan fingerprint density at radius 2 is 2.15 bits per heavy atom. The molecule has 2 aromatic rings. The van der Waals surface area contributed by atoms with E-state index in [-0.39, 0.29) is 11.8 Å². The number of pyridine rings is 1. The zero-order chi connectivity index (χ0) is 18.1. The molecule has 1 spiro atoms. The van der Waals surface area contributed by atoms with Crippen LogP contribution in [0.2, 0.25) is 0 Å². The van der Waals surface area contributed by atoms with Crippen molar-refractivity contribution in [3.05, 3.63) is 52.0 Å². The summed E-state index contributed by atoms with van der Waals surface area (Å²) < 4.78 is 0. The van der Waals surface area contributed by atoms with Crippen LogP contribution in [0.4, 0.5) is 0 Å². The Kier molecular flexibility index (Phi) is 4.53. The van der Waals surface area contributed by atoms with Crippen LogP contribution in [0, 0.1) is 12.3 Å². The van der Waals surface area contributed by atoms with E-state index < -0.39 is 5.41 Å². The molecule has 136 valence electrons. The van der Waals surface area contributed by atoms with E-state index in [9.17, 15) is 9.59 Å². The van der Waals surface area contributed by atoms with Gasteiger partial charge in [0.15, 0.2) is 0 Å². The second-order valence-corrected chi connectivity index (χ2v) is 8.15. The van der Waals surface area contributed by atoms with Crippen molar-refractivity contribution in [2.45, 2.75) is 32.7 Å². The second kappa shape index (κ2) is 6.83. The first-order valence-corrected chi connectivity index (χ1v) is 10.1. The largest absolute Gasteiger partial charge is 0.338 e. The molecule has 0 aromatic carbocycles. The smallest absolute Gasteiger partial charge is 0.254 e. The lowest BCUT2D eigenvalue weighted by Crippen LogP contribution is -2.49. The molecule has 2 amide bonds. The molecule has 2 saturated heterocycles. The fourth-order valence-electron chi connectivity index (χ4n) is 4.18. The predicted octanol–water partition coefficient (Wildman–Crippen LogP) is 3.11. The third-order valence-electron chi connectivity index (χ3n) is 5.53. The lowest BCUT2D eigenvalue weighted by molar-refractivity contribution is -0.138. The van der Waals surface area contributed by atoms with E-state index in [1.165, 1.54) is 11.3 Å². The molecule has 2 fully saturated rings. The van der Waals surface area contributed by atoms with E-state index in [0.29, 0.717) is 13.1 Å². The molecule has 0 radical (unpaired) electrons.